The lowest BCUT2D eigenvalue weighted by atomic mass is 9.87. The molecule has 0 bridgehead atoms. The molecule has 0 heterocycles. The number of halogens is 3. The molecule has 0 fully saturated rings. The third-order valence-corrected chi connectivity index (χ3v) is 2.21. The van der Waals surface area contributed by atoms with Crippen LogP contribution >= 0.6 is 0 Å². The third kappa shape index (κ3) is 10.0. The Labute approximate surface area is 89.0 Å². The van der Waals surface area contributed by atoms with E-state index in [-0.39, 0.29) is 12.0 Å². The second kappa shape index (κ2) is 6.33. The van der Waals surface area contributed by atoms with E-state index in [2.05, 4.69) is 4.74 Å². The molecule has 0 saturated carbocycles. The summed E-state index contributed by atoms with van der Waals surface area (Å²) in [5.74, 6) is 0. The second-order valence-electron chi connectivity index (χ2n) is 4.49. The summed E-state index contributed by atoms with van der Waals surface area (Å²) >= 11 is 0. The molecule has 0 aliphatic heterocycles. The van der Waals surface area contributed by atoms with Crippen LogP contribution in [0.25, 0.3) is 0 Å². The number of hydrogen-bond acceptors (Lipinski definition) is 2. The zero-order valence-corrected chi connectivity index (χ0v) is 9.36. The van der Waals surface area contributed by atoms with Crippen LogP contribution in [-0.2, 0) is 4.74 Å². The molecule has 0 aromatic heterocycles. The van der Waals surface area contributed by atoms with Crippen molar-refractivity contribution < 1.29 is 17.9 Å². The van der Waals surface area contributed by atoms with Crippen molar-refractivity contribution in [2.24, 2.45) is 11.1 Å². The van der Waals surface area contributed by atoms with Gasteiger partial charge in [0.05, 0.1) is 0 Å². The molecule has 2 N–H and O–H groups in total. The summed E-state index contributed by atoms with van der Waals surface area (Å²) in [6.07, 6.45) is -1.79. The lowest BCUT2D eigenvalue weighted by Gasteiger charge is -2.21. The van der Waals surface area contributed by atoms with Crippen LogP contribution in [0.5, 0.6) is 0 Å². The molecule has 2 nitrogen and oxygen atoms in total. The summed E-state index contributed by atoms with van der Waals surface area (Å²) in [5.41, 5.74) is 5.60. The van der Waals surface area contributed by atoms with Crippen molar-refractivity contribution >= 4 is 0 Å². The summed E-state index contributed by atoms with van der Waals surface area (Å²) in [6, 6.07) is 0. The molecule has 5 heteroatoms. The summed E-state index contributed by atoms with van der Waals surface area (Å²) in [4.78, 5) is 0. The van der Waals surface area contributed by atoms with E-state index >= 15 is 0 Å². The van der Waals surface area contributed by atoms with Gasteiger partial charge in [-0.15, -0.1) is 0 Å². The van der Waals surface area contributed by atoms with Crippen LogP contribution in [0.4, 0.5) is 13.2 Å². The van der Waals surface area contributed by atoms with Crippen molar-refractivity contribution in [3.8, 4) is 0 Å². The highest BCUT2D eigenvalue weighted by Crippen LogP contribution is 2.21. The molecule has 15 heavy (non-hydrogen) atoms. The van der Waals surface area contributed by atoms with Crippen molar-refractivity contribution in [1.29, 1.82) is 0 Å². The number of unbranched alkanes of at least 4 members (excludes halogenated alkanes) is 1. The minimum absolute atomic E-state index is 0.0734. The maximum Gasteiger partial charge on any atom is 0.411 e. The molecular weight excluding hydrogens is 207 g/mol. The summed E-state index contributed by atoms with van der Waals surface area (Å²) < 4.78 is 39.5. The molecule has 0 aliphatic rings. The molecule has 0 amide bonds. The Bertz CT molecular complexity index is 169. The predicted octanol–water partition coefficient (Wildman–Crippen LogP) is 2.72. The van der Waals surface area contributed by atoms with Gasteiger partial charge >= 0.3 is 6.18 Å². The fraction of sp³-hybridized carbons (Fsp3) is 1.00. The number of ether oxygens (including phenoxy) is 1. The minimum Gasteiger partial charge on any atom is -0.372 e. The van der Waals surface area contributed by atoms with Crippen molar-refractivity contribution in [1.82, 2.24) is 0 Å². The zero-order valence-electron chi connectivity index (χ0n) is 9.36. The van der Waals surface area contributed by atoms with E-state index in [1.165, 1.54) is 0 Å². The van der Waals surface area contributed by atoms with E-state index < -0.39 is 12.8 Å². The van der Waals surface area contributed by atoms with E-state index in [0.717, 1.165) is 12.8 Å². The first-order valence-corrected chi connectivity index (χ1v) is 5.11. The molecule has 0 spiro atoms. The van der Waals surface area contributed by atoms with E-state index in [4.69, 9.17) is 5.73 Å². The average molecular weight is 227 g/mol. The van der Waals surface area contributed by atoms with Gasteiger partial charge in [0.25, 0.3) is 0 Å². The highest BCUT2D eigenvalue weighted by molar-refractivity contribution is 4.68. The molecule has 92 valence electrons. The van der Waals surface area contributed by atoms with Gasteiger partial charge in [0.1, 0.15) is 6.61 Å². The number of alkyl halides is 3. The lowest BCUT2D eigenvalue weighted by Crippen LogP contribution is -2.23. The van der Waals surface area contributed by atoms with E-state index in [9.17, 15) is 13.2 Å². The van der Waals surface area contributed by atoms with Crippen LogP contribution in [0, 0.1) is 5.41 Å². The Morgan fingerprint density at radius 2 is 1.73 bits per heavy atom. The van der Waals surface area contributed by atoms with Crippen LogP contribution in [0.3, 0.4) is 0 Å². The normalized spacial score (nSPS) is 13.2. The molecule has 0 unspecified atom stereocenters. The Morgan fingerprint density at radius 3 is 2.20 bits per heavy atom. The summed E-state index contributed by atoms with van der Waals surface area (Å²) in [6.45, 7) is 3.71. The predicted molar refractivity (Wildman–Crippen MR) is 53.6 cm³/mol. The van der Waals surface area contributed by atoms with Gasteiger partial charge in [-0.3, -0.25) is 0 Å². The van der Waals surface area contributed by atoms with E-state index in [1.807, 2.05) is 13.8 Å². The van der Waals surface area contributed by atoms with Crippen LogP contribution in [-0.4, -0.2) is 25.9 Å². The van der Waals surface area contributed by atoms with Crippen LogP contribution in [0.15, 0.2) is 0 Å². The van der Waals surface area contributed by atoms with Crippen molar-refractivity contribution in [2.75, 3.05) is 19.8 Å². The lowest BCUT2D eigenvalue weighted by molar-refractivity contribution is -0.174. The molecular formula is C10H20F3NO. The van der Waals surface area contributed by atoms with Crippen LogP contribution in [0.1, 0.15) is 33.1 Å². The van der Waals surface area contributed by atoms with E-state index in [0.29, 0.717) is 13.0 Å². The van der Waals surface area contributed by atoms with Crippen molar-refractivity contribution in [2.45, 2.75) is 39.3 Å². The highest BCUT2D eigenvalue weighted by atomic mass is 19.4. The Hall–Kier alpha value is -0.290. The smallest absolute Gasteiger partial charge is 0.372 e. The molecule has 0 rings (SSSR count). The summed E-state index contributed by atoms with van der Waals surface area (Å²) in [5, 5.41) is 0. The van der Waals surface area contributed by atoms with Gasteiger partial charge < -0.3 is 10.5 Å². The number of rotatable bonds is 7. The first-order chi connectivity index (χ1) is 6.77. The highest BCUT2D eigenvalue weighted by Gasteiger charge is 2.27. The quantitative estimate of drug-likeness (QED) is 0.679. The van der Waals surface area contributed by atoms with Crippen molar-refractivity contribution in [3.63, 3.8) is 0 Å². The molecule has 0 aromatic rings. The summed E-state index contributed by atoms with van der Waals surface area (Å²) in [7, 11) is 0. The monoisotopic (exact) mass is 227 g/mol. The second-order valence-corrected chi connectivity index (χ2v) is 4.49. The Kier molecular flexibility index (Phi) is 6.20. The van der Waals surface area contributed by atoms with Crippen LogP contribution < -0.4 is 5.73 Å². The van der Waals surface area contributed by atoms with Crippen molar-refractivity contribution in [3.05, 3.63) is 0 Å². The van der Waals surface area contributed by atoms with Crippen LogP contribution in [0.2, 0.25) is 0 Å². The van der Waals surface area contributed by atoms with Gasteiger partial charge in [-0.2, -0.15) is 13.2 Å². The maximum atomic E-state index is 11.7. The molecule has 0 saturated heterocycles. The number of hydrogen-bond donors (Lipinski definition) is 1. The molecule has 0 aromatic carbocycles. The fourth-order valence-electron chi connectivity index (χ4n) is 1.10. The Balaban J connectivity index is 3.33. The first kappa shape index (κ1) is 14.7. The SMILES string of the molecule is CC(C)(CN)CCCCOCC(F)(F)F. The molecule has 0 aliphatic carbocycles. The first-order valence-electron chi connectivity index (χ1n) is 5.11. The van der Waals surface area contributed by atoms with Gasteiger partial charge in [0, 0.05) is 6.61 Å². The third-order valence-electron chi connectivity index (χ3n) is 2.21. The average Bonchev–Trinajstić information content (AvgIpc) is 2.09. The van der Waals surface area contributed by atoms with Gasteiger partial charge in [-0.05, 0) is 24.8 Å². The van der Waals surface area contributed by atoms with E-state index in [1.54, 1.807) is 0 Å². The zero-order chi connectivity index (χ0) is 11.9. The minimum atomic E-state index is -4.21. The standard InChI is InChI=1S/C10H20F3NO/c1-9(2,7-14)5-3-4-6-15-8-10(11,12)13/h3-8,14H2,1-2H3. The van der Waals surface area contributed by atoms with Gasteiger partial charge in [-0.1, -0.05) is 20.3 Å². The van der Waals surface area contributed by atoms with Gasteiger partial charge in [-0.25, -0.2) is 0 Å². The largest absolute Gasteiger partial charge is 0.411 e. The number of nitrogens with two attached hydrogens (primary N) is 1. The maximum absolute atomic E-state index is 11.7. The topological polar surface area (TPSA) is 35.2 Å². The van der Waals surface area contributed by atoms with Gasteiger partial charge in [0.2, 0.25) is 0 Å². The Morgan fingerprint density at radius 1 is 1.13 bits per heavy atom. The van der Waals surface area contributed by atoms with Gasteiger partial charge in [0.15, 0.2) is 0 Å². The fourth-order valence-corrected chi connectivity index (χ4v) is 1.10. The molecule has 0 radical (unpaired) electrons. The molecule has 0 atom stereocenters.